The Morgan fingerprint density at radius 3 is 2.14 bits per heavy atom. The molecule has 0 N–H and O–H groups in total. The van der Waals surface area contributed by atoms with E-state index in [1.54, 1.807) is 0 Å². The first-order valence-corrected chi connectivity index (χ1v) is 2.26. The number of hydrogen-bond donors (Lipinski definition) is 0. The lowest BCUT2D eigenvalue weighted by molar-refractivity contribution is 0.800. The Morgan fingerprint density at radius 2 is 1.86 bits per heavy atom. The second kappa shape index (κ2) is 1.87. The first-order valence-electron chi connectivity index (χ1n) is 2.26. The summed E-state index contributed by atoms with van der Waals surface area (Å²) in [6.45, 7) is 0. The van der Waals surface area contributed by atoms with Gasteiger partial charge >= 0.3 is 0 Å². The van der Waals surface area contributed by atoms with Crippen LogP contribution in [0.15, 0.2) is 24.6 Å². The molecule has 0 bridgehead atoms. The first-order chi connectivity index (χ1) is 3.39. The van der Waals surface area contributed by atoms with Gasteiger partial charge in [-0.05, 0) is 18.8 Å². The molecule has 0 aromatic heterocycles. The molecule has 0 aliphatic carbocycles. The fourth-order valence-corrected chi connectivity index (χ4v) is 0.493. The molecule has 34 valence electrons. The van der Waals surface area contributed by atoms with E-state index >= 15 is 0 Å². The summed E-state index contributed by atoms with van der Waals surface area (Å²) in [6, 6.07) is 0. The van der Waals surface area contributed by atoms with Gasteiger partial charge in [-0.3, -0.25) is 0 Å². The van der Waals surface area contributed by atoms with Crippen molar-refractivity contribution in [2.24, 2.45) is 0 Å². The van der Waals surface area contributed by atoms with E-state index in [1.165, 1.54) is 4.81 Å². The topological polar surface area (TPSA) is 3.24 Å². The van der Waals surface area contributed by atoms with Crippen LogP contribution in [0, 0.1) is 0 Å². The second-order valence-electron chi connectivity index (χ2n) is 1.45. The van der Waals surface area contributed by atoms with E-state index in [1.807, 2.05) is 24.6 Å². The highest BCUT2D eigenvalue weighted by Crippen LogP contribution is 1.96. The van der Waals surface area contributed by atoms with E-state index in [9.17, 15) is 0 Å². The minimum atomic E-state index is 1.01. The van der Waals surface area contributed by atoms with Crippen LogP contribution < -0.4 is 0 Å². The second-order valence-corrected chi connectivity index (χ2v) is 1.45. The van der Waals surface area contributed by atoms with Crippen LogP contribution >= 0.6 is 0 Å². The zero-order valence-electron chi connectivity index (χ0n) is 4.04. The van der Waals surface area contributed by atoms with Crippen molar-refractivity contribution in [3.8, 4) is 0 Å². The van der Waals surface area contributed by atoms with Crippen molar-refractivity contribution in [2.45, 2.75) is 6.42 Å². The summed E-state index contributed by atoms with van der Waals surface area (Å²) >= 11 is 0. The van der Waals surface area contributed by atoms with Gasteiger partial charge in [0.2, 0.25) is 7.98 Å². The fourth-order valence-electron chi connectivity index (χ4n) is 0.493. The zero-order valence-corrected chi connectivity index (χ0v) is 4.04. The number of allylic oxidation sites excluding steroid dienone is 2. The molecule has 2 heteroatoms. The maximum atomic E-state index is 5.29. The summed E-state index contributed by atoms with van der Waals surface area (Å²) in [5.74, 6) is 0. The Morgan fingerprint density at radius 1 is 1.29 bits per heavy atom. The first kappa shape index (κ1) is 4.50. The Labute approximate surface area is 44.7 Å². The molecule has 0 saturated heterocycles. The molecule has 0 aromatic carbocycles. The van der Waals surface area contributed by atoms with Crippen LogP contribution in [0.3, 0.4) is 0 Å². The minimum Gasteiger partial charge on any atom is -0.410 e. The maximum absolute atomic E-state index is 5.29. The largest absolute Gasteiger partial charge is 0.410 e. The molecular formula is C5H6BN. The molecular weight excluding hydrogens is 84.9 g/mol. The highest BCUT2D eigenvalue weighted by molar-refractivity contribution is 6.05. The molecule has 1 aliphatic heterocycles. The highest BCUT2D eigenvalue weighted by Gasteiger charge is 1.84. The summed E-state index contributed by atoms with van der Waals surface area (Å²) in [5, 5.41) is 0. The van der Waals surface area contributed by atoms with Crippen LogP contribution in [-0.2, 0) is 0 Å². The van der Waals surface area contributed by atoms with Crippen molar-refractivity contribution in [3.63, 3.8) is 0 Å². The Kier molecular flexibility index (Phi) is 1.20. The van der Waals surface area contributed by atoms with Gasteiger partial charge in [-0.25, -0.2) is 0 Å². The van der Waals surface area contributed by atoms with Crippen LogP contribution in [0.2, 0.25) is 0 Å². The summed E-state index contributed by atoms with van der Waals surface area (Å²) in [4.78, 5) is 1.53. The molecule has 2 radical (unpaired) electrons. The van der Waals surface area contributed by atoms with Gasteiger partial charge in [-0.15, -0.1) is 0 Å². The van der Waals surface area contributed by atoms with Crippen molar-refractivity contribution in [2.75, 3.05) is 0 Å². The fraction of sp³-hybridized carbons (Fsp3) is 0.200. The van der Waals surface area contributed by atoms with Gasteiger partial charge < -0.3 is 4.81 Å². The lowest BCUT2D eigenvalue weighted by Crippen LogP contribution is -2.03. The van der Waals surface area contributed by atoms with Gasteiger partial charge in [0.15, 0.2) is 0 Å². The van der Waals surface area contributed by atoms with Gasteiger partial charge in [0, 0.05) is 0 Å². The minimum absolute atomic E-state index is 1.01. The molecule has 1 rings (SSSR count). The van der Waals surface area contributed by atoms with Gasteiger partial charge in [-0.2, -0.15) is 0 Å². The third-order valence-electron chi connectivity index (χ3n) is 0.827. The maximum Gasteiger partial charge on any atom is 0.233 e. The predicted molar refractivity (Wildman–Crippen MR) is 30.5 cm³/mol. The van der Waals surface area contributed by atoms with Crippen LogP contribution in [0.4, 0.5) is 0 Å². The molecule has 1 heterocycles. The molecule has 0 atom stereocenters. The smallest absolute Gasteiger partial charge is 0.233 e. The average Bonchev–Trinajstić information content (AvgIpc) is 1.69. The Balaban J connectivity index is 2.49. The standard InChI is InChI=1S/C5H6BN/c6-7-4-2-1-3-5-7/h2-5H,1H2. The molecule has 7 heavy (non-hydrogen) atoms. The van der Waals surface area contributed by atoms with Crippen LogP contribution in [0.25, 0.3) is 0 Å². The van der Waals surface area contributed by atoms with Crippen molar-refractivity contribution < 1.29 is 0 Å². The van der Waals surface area contributed by atoms with Crippen molar-refractivity contribution in [1.82, 2.24) is 4.81 Å². The average molecular weight is 90.9 g/mol. The molecule has 0 saturated carbocycles. The molecule has 0 fully saturated rings. The quantitative estimate of drug-likeness (QED) is 0.398. The molecule has 1 aliphatic rings. The van der Waals surface area contributed by atoms with Gasteiger partial charge in [0.25, 0.3) is 0 Å². The van der Waals surface area contributed by atoms with Crippen molar-refractivity contribution >= 4 is 7.98 Å². The highest BCUT2D eigenvalue weighted by atomic mass is 15.0. The Hall–Kier alpha value is -0.655. The van der Waals surface area contributed by atoms with E-state index in [0.29, 0.717) is 0 Å². The number of rotatable bonds is 0. The summed E-state index contributed by atoms with van der Waals surface area (Å²) in [7, 11) is 5.29. The molecule has 1 nitrogen and oxygen atoms in total. The SMILES string of the molecule is [B]N1C=CCC=C1. The molecule has 0 amide bonds. The molecule has 0 unspecified atom stereocenters. The molecule has 0 spiro atoms. The van der Waals surface area contributed by atoms with Crippen molar-refractivity contribution in [3.05, 3.63) is 24.6 Å². The van der Waals surface area contributed by atoms with Gasteiger partial charge in [0.05, 0.1) is 0 Å². The van der Waals surface area contributed by atoms with E-state index in [0.717, 1.165) is 6.42 Å². The van der Waals surface area contributed by atoms with Crippen LogP contribution in [-0.4, -0.2) is 12.8 Å². The van der Waals surface area contributed by atoms with E-state index in [4.69, 9.17) is 7.98 Å². The third kappa shape index (κ3) is 1.11. The normalized spacial score (nSPS) is 18.0. The Bertz CT molecular complexity index is 94.6. The zero-order chi connectivity index (χ0) is 5.11. The summed E-state index contributed by atoms with van der Waals surface area (Å²) in [6.07, 6.45) is 8.67. The van der Waals surface area contributed by atoms with Crippen LogP contribution in [0.5, 0.6) is 0 Å². The van der Waals surface area contributed by atoms with E-state index in [2.05, 4.69) is 0 Å². The monoisotopic (exact) mass is 91.1 g/mol. The van der Waals surface area contributed by atoms with Gasteiger partial charge in [0.1, 0.15) is 0 Å². The van der Waals surface area contributed by atoms with Gasteiger partial charge in [-0.1, -0.05) is 12.2 Å². The lowest BCUT2D eigenvalue weighted by Gasteiger charge is -2.09. The number of hydrogen-bond acceptors (Lipinski definition) is 1. The molecule has 0 aromatic rings. The van der Waals surface area contributed by atoms with Crippen LogP contribution in [0.1, 0.15) is 6.42 Å². The van der Waals surface area contributed by atoms with Crippen molar-refractivity contribution in [1.29, 1.82) is 0 Å². The van der Waals surface area contributed by atoms with E-state index in [-0.39, 0.29) is 0 Å². The third-order valence-corrected chi connectivity index (χ3v) is 0.827. The lowest BCUT2D eigenvalue weighted by atomic mass is 10.2. The summed E-state index contributed by atoms with van der Waals surface area (Å²) in [5.41, 5.74) is 0. The predicted octanol–water partition coefficient (Wildman–Crippen LogP) is 0.803. The summed E-state index contributed by atoms with van der Waals surface area (Å²) < 4.78 is 0. The van der Waals surface area contributed by atoms with E-state index < -0.39 is 0 Å². The number of nitrogens with zero attached hydrogens (tertiary/aromatic N) is 1.